The van der Waals surface area contributed by atoms with Crippen molar-refractivity contribution in [2.75, 3.05) is 31.1 Å². The molecule has 0 unspecified atom stereocenters. The van der Waals surface area contributed by atoms with Gasteiger partial charge in [0.15, 0.2) is 0 Å². The monoisotopic (exact) mass is 297 g/mol. The number of rotatable bonds is 5. The minimum atomic E-state index is -0.198. The third kappa shape index (κ3) is 3.67. The Bertz CT molecular complexity index is 573. The predicted octanol–water partition coefficient (Wildman–Crippen LogP) is 3.06. The number of benzene rings is 1. The highest BCUT2D eigenvalue weighted by Gasteiger charge is 2.15. The van der Waals surface area contributed by atoms with E-state index >= 15 is 0 Å². The predicted molar refractivity (Wildman–Crippen MR) is 89.4 cm³/mol. The smallest absolute Gasteiger partial charge is 0.264 e. The Kier molecular flexibility index (Phi) is 5.60. The van der Waals surface area contributed by atoms with E-state index in [9.17, 15) is 10.1 Å². The number of carbonyl (C=O) groups is 1. The molecule has 1 amide bonds. The molecule has 0 aliphatic carbocycles. The van der Waals surface area contributed by atoms with Gasteiger partial charge in [-0.2, -0.15) is 5.26 Å². The van der Waals surface area contributed by atoms with Crippen LogP contribution in [0.2, 0.25) is 0 Å². The molecule has 0 bridgehead atoms. The second kappa shape index (κ2) is 7.65. The summed E-state index contributed by atoms with van der Waals surface area (Å²) in [7, 11) is 0. The lowest BCUT2D eigenvalue weighted by molar-refractivity contribution is -0.126. The Balaban J connectivity index is 2.15. The minimum Gasteiger partial charge on any atom is -0.372 e. The summed E-state index contributed by atoms with van der Waals surface area (Å²) in [5.41, 5.74) is 2.29. The average molecular weight is 297 g/mol. The van der Waals surface area contributed by atoms with Crippen molar-refractivity contribution in [2.45, 2.75) is 26.7 Å². The Hall–Kier alpha value is -2.28. The molecule has 4 heteroatoms. The zero-order valence-corrected chi connectivity index (χ0v) is 13.4. The lowest BCUT2D eigenvalue weighted by Gasteiger charge is -2.18. The van der Waals surface area contributed by atoms with Crippen LogP contribution in [0.5, 0.6) is 0 Å². The maximum atomic E-state index is 12.2. The first-order chi connectivity index (χ1) is 10.7. The van der Waals surface area contributed by atoms with Gasteiger partial charge in [-0.1, -0.05) is 12.1 Å². The molecule has 1 saturated heterocycles. The van der Waals surface area contributed by atoms with Gasteiger partial charge in [-0.15, -0.1) is 0 Å². The summed E-state index contributed by atoms with van der Waals surface area (Å²) in [6, 6.07) is 10.1. The molecule has 1 heterocycles. The summed E-state index contributed by atoms with van der Waals surface area (Å²) in [6.07, 6.45) is 4.17. The highest BCUT2D eigenvalue weighted by Crippen LogP contribution is 2.21. The molecule has 0 atom stereocenters. The molecule has 4 nitrogen and oxygen atoms in total. The van der Waals surface area contributed by atoms with Gasteiger partial charge in [-0.05, 0) is 50.5 Å². The van der Waals surface area contributed by atoms with E-state index in [1.54, 1.807) is 11.0 Å². The topological polar surface area (TPSA) is 47.3 Å². The van der Waals surface area contributed by atoms with Crippen LogP contribution in [-0.4, -0.2) is 37.0 Å². The summed E-state index contributed by atoms with van der Waals surface area (Å²) in [6.45, 7) is 7.28. The number of likely N-dealkylation sites (N-methyl/N-ethyl adjacent to an activating group) is 1. The van der Waals surface area contributed by atoms with Crippen LogP contribution in [0, 0.1) is 11.3 Å². The third-order valence-corrected chi connectivity index (χ3v) is 4.08. The lowest BCUT2D eigenvalue weighted by Crippen LogP contribution is -2.31. The molecule has 1 aliphatic heterocycles. The molecule has 0 radical (unpaired) electrons. The number of carbonyl (C=O) groups excluding carboxylic acids is 1. The van der Waals surface area contributed by atoms with Gasteiger partial charge in [-0.3, -0.25) is 4.79 Å². The van der Waals surface area contributed by atoms with Crippen molar-refractivity contribution in [1.29, 1.82) is 5.26 Å². The normalized spacial score (nSPS) is 14.8. The van der Waals surface area contributed by atoms with E-state index in [-0.39, 0.29) is 11.5 Å². The first kappa shape index (κ1) is 16.1. The van der Waals surface area contributed by atoms with Gasteiger partial charge in [0.05, 0.1) is 0 Å². The van der Waals surface area contributed by atoms with Crippen molar-refractivity contribution < 1.29 is 4.79 Å². The fourth-order valence-corrected chi connectivity index (χ4v) is 2.75. The third-order valence-electron chi connectivity index (χ3n) is 4.08. The highest BCUT2D eigenvalue weighted by molar-refractivity contribution is 6.01. The van der Waals surface area contributed by atoms with E-state index in [4.69, 9.17) is 0 Å². The Morgan fingerprint density at radius 3 is 2.32 bits per heavy atom. The van der Waals surface area contributed by atoms with Crippen LogP contribution < -0.4 is 4.90 Å². The molecule has 1 aliphatic rings. The summed E-state index contributed by atoms with van der Waals surface area (Å²) in [4.78, 5) is 16.3. The van der Waals surface area contributed by atoms with Crippen LogP contribution >= 0.6 is 0 Å². The molecule has 0 spiro atoms. The maximum Gasteiger partial charge on any atom is 0.264 e. The summed E-state index contributed by atoms with van der Waals surface area (Å²) in [5.74, 6) is -0.198. The second-order valence-corrected chi connectivity index (χ2v) is 5.43. The number of nitriles is 1. The first-order valence-electron chi connectivity index (χ1n) is 7.95. The van der Waals surface area contributed by atoms with Gasteiger partial charge >= 0.3 is 0 Å². The molecular formula is C18H23N3O. The summed E-state index contributed by atoms with van der Waals surface area (Å²) >= 11 is 0. The van der Waals surface area contributed by atoms with Crippen LogP contribution in [-0.2, 0) is 4.79 Å². The molecule has 22 heavy (non-hydrogen) atoms. The molecular weight excluding hydrogens is 274 g/mol. The number of nitrogens with zero attached hydrogens (tertiary/aromatic N) is 3. The SMILES string of the molecule is CCN(CC)C(=O)/C(C#N)=C/c1ccc(N2CCCC2)cc1. The number of amides is 1. The zero-order valence-electron chi connectivity index (χ0n) is 13.4. The Labute approximate surface area is 132 Å². The lowest BCUT2D eigenvalue weighted by atomic mass is 10.1. The van der Waals surface area contributed by atoms with Gasteiger partial charge in [-0.25, -0.2) is 0 Å². The molecule has 116 valence electrons. The van der Waals surface area contributed by atoms with Crippen LogP contribution in [0.3, 0.4) is 0 Å². The fourth-order valence-electron chi connectivity index (χ4n) is 2.75. The number of hydrogen-bond donors (Lipinski definition) is 0. The fraction of sp³-hybridized carbons (Fsp3) is 0.444. The van der Waals surface area contributed by atoms with Crippen LogP contribution in [0.4, 0.5) is 5.69 Å². The van der Waals surface area contributed by atoms with Gasteiger partial charge in [0.2, 0.25) is 0 Å². The van der Waals surface area contributed by atoms with Gasteiger partial charge in [0, 0.05) is 31.9 Å². The number of hydrogen-bond acceptors (Lipinski definition) is 3. The second-order valence-electron chi connectivity index (χ2n) is 5.43. The zero-order chi connectivity index (χ0) is 15.9. The first-order valence-corrected chi connectivity index (χ1v) is 7.95. The van der Waals surface area contributed by atoms with Crippen molar-refractivity contribution in [3.63, 3.8) is 0 Å². The highest BCUT2D eigenvalue weighted by atomic mass is 16.2. The Morgan fingerprint density at radius 1 is 1.23 bits per heavy atom. The van der Waals surface area contributed by atoms with Crippen LogP contribution in [0.1, 0.15) is 32.3 Å². The summed E-state index contributed by atoms with van der Waals surface area (Å²) < 4.78 is 0. The standard InChI is InChI=1S/C18H23N3O/c1-3-20(4-2)18(22)16(14-19)13-15-7-9-17(10-8-15)21-11-5-6-12-21/h7-10,13H,3-6,11-12H2,1-2H3/b16-13+. The van der Waals surface area contributed by atoms with Gasteiger partial charge in [0.1, 0.15) is 11.6 Å². The molecule has 2 rings (SSSR count). The molecule has 0 saturated carbocycles. The average Bonchev–Trinajstić information content (AvgIpc) is 3.08. The van der Waals surface area contributed by atoms with Crippen molar-refractivity contribution in [1.82, 2.24) is 4.90 Å². The van der Waals surface area contributed by atoms with Crippen molar-refractivity contribution in [2.24, 2.45) is 0 Å². The molecule has 1 fully saturated rings. The molecule has 1 aromatic carbocycles. The van der Waals surface area contributed by atoms with E-state index in [0.717, 1.165) is 18.7 Å². The largest absolute Gasteiger partial charge is 0.372 e. The number of anilines is 1. The Morgan fingerprint density at radius 2 is 1.82 bits per heavy atom. The van der Waals surface area contributed by atoms with Crippen molar-refractivity contribution >= 4 is 17.7 Å². The van der Waals surface area contributed by atoms with Gasteiger partial charge < -0.3 is 9.80 Å². The van der Waals surface area contributed by atoms with Crippen LogP contribution in [0.25, 0.3) is 6.08 Å². The minimum absolute atomic E-state index is 0.192. The summed E-state index contributed by atoms with van der Waals surface area (Å²) in [5, 5.41) is 9.25. The molecule has 0 aromatic heterocycles. The van der Waals surface area contributed by atoms with E-state index in [1.807, 2.05) is 32.0 Å². The maximum absolute atomic E-state index is 12.2. The van der Waals surface area contributed by atoms with E-state index in [2.05, 4.69) is 17.0 Å². The van der Waals surface area contributed by atoms with Crippen molar-refractivity contribution in [3.05, 3.63) is 35.4 Å². The van der Waals surface area contributed by atoms with Crippen LogP contribution in [0.15, 0.2) is 29.8 Å². The molecule has 1 aromatic rings. The molecule has 0 N–H and O–H groups in total. The van der Waals surface area contributed by atoms with E-state index < -0.39 is 0 Å². The van der Waals surface area contributed by atoms with E-state index in [0.29, 0.717) is 13.1 Å². The quantitative estimate of drug-likeness (QED) is 0.620. The van der Waals surface area contributed by atoms with E-state index in [1.165, 1.54) is 18.5 Å². The van der Waals surface area contributed by atoms with Crippen molar-refractivity contribution in [3.8, 4) is 6.07 Å². The van der Waals surface area contributed by atoms with Gasteiger partial charge in [0.25, 0.3) is 5.91 Å².